The third kappa shape index (κ3) is 4.38. The van der Waals surface area contributed by atoms with E-state index in [1.165, 1.54) is 18.4 Å². The Hall–Kier alpha value is 0.140. The van der Waals surface area contributed by atoms with E-state index in [2.05, 4.69) is 63.9 Å². The summed E-state index contributed by atoms with van der Waals surface area (Å²) >= 11 is 7.16. The predicted octanol–water partition coefficient (Wildman–Crippen LogP) is 5.27. The van der Waals surface area contributed by atoms with Gasteiger partial charge in [0.1, 0.15) is 5.60 Å². The maximum Gasteiger partial charge on any atom is 0.101 e. The highest BCUT2D eigenvalue weighted by Gasteiger charge is 2.27. The summed E-state index contributed by atoms with van der Waals surface area (Å²) in [5, 5.41) is 0.800. The fourth-order valence-electron chi connectivity index (χ4n) is 1.73. The molecule has 1 nitrogen and oxygen atoms in total. The van der Waals surface area contributed by atoms with E-state index < -0.39 is 0 Å². The molecule has 0 radical (unpaired) electrons. The van der Waals surface area contributed by atoms with E-state index in [1.54, 1.807) is 0 Å². The minimum absolute atomic E-state index is 0.256. The smallest absolute Gasteiger partial charge is 0.101 e. The van der Waals surface area contributed by atoms with Gasteiger partial charge < -0.3 is 4.74 Å². The quantitative estimate of drug-likeness (QED) is 0.473. The van der Waals surface area contributed by atoms with Gasteiger partial charge in [-0.2, -0.15) is 0 Å². The van der Waals surface area contributed by atoms with Gasteiger partial charge in [0.2, 0.25) is 0 Å². The van der Waals surface area contributed by atoms with Crippen molar-refractivity contribution in [3.05, 3.63) is 34.3 Å². The molecule has 0 amide bonds. The first kappa shape index (κ1) is 15.2. The SMILES string of the molecule is CCCCCOC(C)(CBr)c1ccccc1Br. The van der Waals surface area contributed by atoms with Crippen molar-refractivity contribution in [3.63, 3.8) is 0 Å². The fraction of sp³-hybridized carbons (Fsp3) is 0.571. The van der Waals surface area contributed by atoms with E-state index in [0.717, 1.165) is 22.8 Å². The van der Waals surface area contributed by atoms with E-state index in [0.29, 0.717) is 0 Å². The summed E-state index contributed by atoms with van der Waals surface area (Å²) in [4.78, 5) is 0. The van der Waals surface area contributed by atoms with Crippen molar-refractivity contribution in [2.75, 3.05) is 11.9 Å². The van der Waals surface area contributed by atoms with Crippen LogP contribution in [0.1, 0.15) is 38.7 Å². The zero-order chi connectivity index (χ0) is 12.7. The molecule has 17 heavy (non-hydrogen) atoms. The van der Waals surface area contributed by atoms with Gasteiger partial charge in [0.05, 0.1) is 0 Å². The van der Waals surface area contributed by atoms with Crippen molar-refractivity contribution in [1.29, 1.82) is 0 Å². The molecule has 0 aliphatic carbocycles. The van der Waals surface area contributed by atoms with Crippen LogP contribution in [-0.2, 0) is 10.3 Å². The van der Waals surface area contributed by atoms with E-state index in [1.807, 2.05) is 6.07 Å². The monoisotopic (exact) mass is 362 g/mol. The summed E-state index contributed by atoms with van der Waals surface area (Å²) in [6, 6.07) is 8.26. The molecule has 1 atom stereocenters. The number of unbranched alkanes of at least 4 members (excludes halogenated alkanes) is 2. The molecule has 1 aromatic rings. The molecule has 0 aromatic heterocycles. The van der Waals surface area contributed by atoms with Crippen LogP contribution in [0.2, 0.25) is 0 Å². The van der Waals surface area contributed by atoms with Crippen molar-refractivity contribution in [3.8, 4) is 0 Å². The van der Waals surface area contributed by atoms with Crippen LogP contribution >= 0.6 is 31.9 Å². The molecule has 1 rings (SSSR count). The lowest BCUT2D eigenvalue weighted by Gasteiger charge is -2.29. The average Bonchev–Trinajstić information content (AvgIpc) is 2.35. The van der Waals surface area contributed by atoms with Gasteiger partial charge in [0, 0.05) is 16.4 Å². The zero-order valence-electron chi connectivity index (χ0n) is 10.5. The van der Waals surface area contributed by atoms with Gasteiger partial charge >= 0.3 is 0 Å². The number of hydrogen-bond donors (Lipinski definition) is 0. The van der Waals surface area contributed by atoms with E-state index in [9.17, 15) is 0 Å². The largest absolute Gasteiger partial charge is 0.370 e. The molecule has 0 aliphatic heterocycles. The summed E-state index contributed by atoms with van der Waals surface area (Å²) in [5.74, 6) is 0. The molecule has 0 aliphatic rings. The van der Waals surface area contributed by atoms with Crippen LogP contribution < -0.4 is 0 Å². The van der Waals surface area contributed by atoms with Crippen molar-refractivity contribution in [2.24, 2.45) is 0 Å². The maximum atomic E-state index is 6.07. The Morgan fingerprint density at radius 2 is 1.94 bits per heavy atom. The first-order chi connectivity index (χ1) is 8.14. The molecule has 0 spiro atoms. The number of halogens is 2. The molecular weight excluding hydrogens is 344 g/mol. The zero-order valence-corrected chi connectivity index (χ0v) is 13.7. The average molecular weight is 364 g/mol. The molecule has 0 saturated heterocycles. The van der Waals surface area contributed by atoms with E-state index in [4.69, 9.17) is 4.74 Å². The summed E-state index contributed by atoms with van der Waals surface area (Å²) < 4.78 is 7.18. The van der Waals surface area contributed by atoms with Crippen molar-refractivity contribution in [2.45, 2.75) is 38.7 Å². The molecule has 0 N–H and O–H groups in total. The van der Waals surface area contributed by atoms with Gasteiger partial charge in [-0.25, -0.2) is 0 Å². The third-order valence-corrected chi connectivity index (χ3v) is 4.63. The summed E-state index contributed by atoms with van der Waals surface area (Å²) in [6.45, 7) is 5.16. The Kier molecular flexibility index (Phi) is 6.75. The van der Waals surface area contributed by atoms with Gasteiger partial charge in [0.25, 0.3) is 0 Å². The summed E-state index contributed by atoms with van der Waals surface area (Å²) in [7, 11) is 0. The molecule has 3 heteroatoms. The highest BCUT2D eigenvalue weighted by Crippen LogP contribution is 2.33. The highest BCUT2D eigenvalue weighted by molar-refractivity contribution is 9.10. The van der Waals surface area contributed by atoms with Crippen LogP contribution in [0.25, 0.3) is 0 Å². The Morgan fingerprint density at radius 3 is 2.53 bits per heavy atom. The lowest BCUT2D eigenvalue weighted by molar-refractivity contribution is -0.0190. The lowest BCUT2D eigenvalue weighted by atomic mass is 9.98. The Labute approximate surface area is 121 Å². The Balaban J connectivity index is 2.71. The third-order valence-electron chi connectivity index (χ3n) is 2.87. The maximum absolute atomic E-state index is 6.07. The number of ether oxygens (including phenoxy) is 1. The van der Waals surface area contributed by atoms with Crippen LogP contribution in [0.4, 0.5) is 0 Å². The number of hydrogen-bond acceptors (Lipinski definition) is 1. The lowest BCUT2D eigenvalue weighted by Crippen LogP contribution is -2.28. The predicted molar refractivity (Wildman–Crippen MR) is 80.8 cm³/mol. The van der Waals surface area contributed by atoms with Crippen molar-refractivity contribution >= 4 is 31.9 Å². The normalized spacial score (nSPS) is 14.6. The second-order valence-corrected chi connectivity index (χ2v) is 5.81. The van der Waals surface area contributed by atoms with Gasteiger partial charge in [0.15, 0.2) is 0 Å². The molecule has 0 saturated carbocycles. The minimum Gasteiger partial charge on any atom is -0.370 e. The van der Waals surface area contributed by atoms with Crippen LogP contribution in [-0.4, -0.2) is 11.9 Å². The first-order valence-electron chi connectivity index (χ1n) is 6.09. The second-order valence-electron chi connectivity index (χ2n) is 4.40. The number of rotatable bonds is 7. The van der Waals surface area contributed by atoms with Crippen molar-refractivity contribution in [1.82, 2.24) is 0 Å². The van der Waals surface area contributed by atoms with E-state index in [-0.39, 0.29) is 5.60 Å². The Morgan fingerprint density at radius 1 is 1.24 bits per heavy atom. The van der Waals surface area contributed by atoms with Crippen molar-refractivity contribution < 1.29 is 4.74 Å². The van der Waals surface area contributed by atoms with Crippen LogP contribution in [0.3, 0.4) is 0 Å². The molecular formula is C14H20Br2O. The molecule has 0 bridgehead atoms. The van der Waals surface area contributed by atoms with Crippen LogP contribution in [0.15, 0.2) is 28.7 Å². The fourth-order valence-corrected chi connectivity index (χ4v) is 2.90. The molecule has 0 fully saturated rings. The van der Waals surface area contributed by atoms with Gasteiger partial charge in [-0.05, 0) is 25.0 Å². The minimum atomic E-state index is -0.256. The number of alkyl halides is 1. The molecule has 0 heterocycles. The van der Waals surface area contributed by atoms with Gasteiger partial charge in [-0.15, -0.1) is 0 Å². The molecule has 1 aromatic carbocycles. The summed E-state index contributed by atoms with van der Waals surface area (Å²) in [5.41, 5.74) is 0.946. The second kappa shape index (κ2) is 7.55. The first-order valence-corrected chi connectivity index (χ1v) is 8.00. The Bertz CT molecular complexity index is 341. The van der Waals surface area contributed by atoms with E-state index >= 15 is 0 Å². The van der Waals surface area contributed by atoms with Gasteiger partial charge in [-0.1, -0.05) is 69.8 Å². The van der Waals surface area contributed by atoms with Gasteiger partial charge in [-0.3, -0.25) is 0 Å². The number of benzene rings is 1. The van der Waals surface area contributed by atoms with Crippen LogP contribution in [0, 0.1) is 0 Å². The molecule has 1 unspecified atom stereocenters. The van der Waals surface area contributed by atoms with Crippen LogP contribution in [0.5, 0.6) is 0 Å². The molecule has 96 valence electrons. The highest BCUT2D eigenvalue weighted by atomic mass is 79.9. The summed E-state index contributed by atoms with van der Waals surface area (Å²) in [6.07, 6.45) is 3.58. The standard InChI is InChI=1S/C14H20Br2O/c1-3-4-7-10-17-14(2,11-15)12-8-5-6-9-13(12)16/h5-6,8-9H,3-4,7,10-11H2,1-2H3. The topological polar surface area (TPSA) is 9.23 Å².